The Hall–Kier alpha value is -0.760. The van der Waals surface area contributed by atoms with Crippen molar-refractivity contribution in [2.75, 3.05) is 17.3 Å². The van der Waals surface area contributed by atoms with Crippen molar-refractivity contribution in [2.24, 2.45) is 5.92 Å². The summed E-state index contributed by atoms with van der Waals surface area (Å²) < 4.78 is 22.6. The largest absolute Gasteiger partial charge is 0.273 e. The van der Waals surface area contributed by atoms with Crippen molar-refractivity contribution >= 4 is 33.4 Å². The van der Waals surface area contributed by atoms with Gasteiger partial charge in [0.25, 0.3) is 0 Å². The minimum absolute atomic E-state index is 0.00482. The number of sulfone groups is 1. The molecular weight excluding hydrogens is 312 g/mol. The van der Waals surface area contributed by atoms with Crippen LogP contribution in [0.15, 0.2) is 0 Å². The van der Waals surface area contributed by atoms with E-state index in [1.807, 2.05) is 0 Å². The zero-order valence-electron chi connectivity index (χ0n) is 12.0. The minimum atomic E-state index is -2.91. The molecule has 0 aromatic carbocycles. The third-order valence-corrected chi connectivity index (χ3v) is 7.22. The molecule has 2 aliphatic rings. The molecule has 2 rings (SSSR count). The lowest BCUT2D eigenvalue weighted by atomic mass is 9.89. The van der Waals surface area contributed by atoms with Gasteiger partial charge >= 0.3 is 0 Å². The molecule has 0 radical (unpaired) electrons. The summed E-state index contributed by atoms with van der Waals surface area (Å²) >= 11 is 1.34. The van der Waals surface area contributed by atoms with Gasteiger partial charge in [-0.25, -0.2) is 8.42 Å². The van der Waals surface area contributed by atoms with Gasteiger partial charge in [-0.1, -0.05) is 19.3 Å². The Morgan fingerprint density at radius 2 is 1.76 bits per heavy atom. The van der Waals surface area contributed by atoms with E-state index in [1.165, 1.54) is 18.2 Å². The van der Waals surface area contributed by atoms with Gasteiger partial charge in [0.1, 0.15) is 0 Å². The van der Waals surface area contributed by atoms with Crippen LogP contribution in [-0.2, 0) is 19.4 Å². The Morgan fingerprint density at radius 1 is 1.05 bits per heavy atom. The van der Waals surface area contributed by atoms with Crippen molar-refractivity contribution in [1.82, 2.24) is 10.9 Å². The predicted octanol–water partition coefficient (Wildman–Crippen LogP) is 0.634. The van der Waals surface area contributed by atoms with Crippen LogP contribution in [-0.4, -0.2) is 42.7 Å². The highest BCUT2D eigenvalue weighted by Gasteiger charge is 2.28. The summed E-state index contributed by atoms with van der Waals surface area (Å²) in [6.45, 7) is 0. The Bertz CT molecular complexity index is 486. The van der Waals surface area contributed by atoms with Gasteiger partial charge in [-0.3, -0.25) is 20.4 Å². The molecule has 2 N–H and O–H groups in total. The molecule has 2 fully saturated rings. The van der Waals surface area contributed by atoms with E-state index < -0.39 is 9.84 Å². The molecule has 1 heterocycles. The van der Waals surface area contributed by atoms with Crippen molar-refractivity contribution < 1.29 is 18.0 Å². The predicted molar refractivity (Wildman–Crippen MR) is 82.4 cm³/mol. The van der Waals surface area contributed by atoms with Crippen LogP contribution < -0.4 is 10.9 Å². The van der Waals surface area contributed by atoms with Crippen LogP contribution in [0.5, 0.6) is 0 Å². The second-order valence-corrected chi connectivity index (χ2v) is 9.23. The second-order valence-electron chi connectivity index (χ2n) is 5.71. The first-order chi connectivity index (χ1) is 9.96. The van der Waals surface area contributed by atoms with E-state index in [0.717, 1.165) is 25.7 Å². The van der Waals surface area contributed by atoms with E-state index in [2.05, 4.69) is 10.9 Å². The van der Waals surface area contributed by atoms with Gasteiger partial charge in [-0.2, -0.15) is 0 Å². The molecule has 0 spiro atoms. The topological polar surface area (TPSA) is 92.3 Å². The van der Waals surface area contributed by atoms with Crippen LogP contribution in [0.4, 0.5) is 0 Å². The zero-order chi connectivity index (χ0) is 15.3. The fraction of sp³-hybridized carbons (Fsp3) is 0.846. The first-order valence-electron chi connectivity index (χ1n) is 7.37. The highest BCUT2D eigenvalue weighted by atomic mass is 32.2. The summed E-state index contributed by atoms with van der Waals surface area (Å²) in [5, 5.41) is -0.00482. The molecule has 0 aromatic heterocycles. The highest BCUT2D eigenvalue weighted by molar-refractivity contribution is 8.02. The smallest absolute Gasteiger partial charge is 0.248 e. The Kier molecular flexibility index (Phi) is 5.92. The molecule has 0 bridgehead atoms. The Morgan fingerprint density at radius 3 is 2.38 bits per heavy atom. The Balaban J connectivity index is 1.62. The maximum absolute atomic E-state index is 11.8. The molecule has 120 valence electrons. The number of thioether (sulfide) groups is 1. The lowest BCUT2D eigenvalue weighted by Crippen LogP contribution is -2.45. The summed E-state index contributed by atoms with van der Waals surface area (Å²) in [4.78, 5) is 23.5. The molecule has 2 amide bonds. The Labute approximate surface area is 129 Å². The standard InChI is InChI=1S/C13H22N2O4S2/c16-12(8-20-11-6-7-21(18,19)9-11)14-15-13(17)10-4-2-1-3-5-10/h10-11H,1-9H2,(H,14,16)(H,15,17)/t11-/m1/s1. The molecule has 8 heteroatoms. The maximum atomic E-state index is 11.8. The van der Waals surface area contributed by atoms with Gasteiger partial charge < -0.3 is 0 Å². The fourth-order valence-corrected chi connectivity index (χ4v) is 6.16. The fourth-order valence-electron chi connectivity index (χ4n) is 2.72. The van der Waals surface area contributed by atoms with Crippen molar-refractivity contribution in [3.8, 4) is 0 Å². The number of carbonyl (C=O) groups is 2. The average molecular weight is 334 g/mol. The number of nitrogens with one attached hydrogen (secondary N) is 2. The van der Waals surface area contributed by atoms with Gasteiger partial charge in [0.05, 0.1) is 17.3 Å². The molecule has 1 aliphatic carbocycles. The summed E-state index contributed by atoms with van der Waals surface area (Å²) in [6, 6.07) is 0. The van der Waals surface area contributed by atoms with Crippen LogP contribution in [0.2, 0.25) is 0 Å². The molecule has 6 nitrogen and oxygen atoms in total. The first-order valence-corrected chi connectivity index (χ1v) is 10.2. The van der Waals surface area contributed by atoms with Crippen LogP contribution in [0.25, 0.3) is 0 Å². The number of hydrogen-bond acceptors (Lipinski definition) is 5. The third kappa shape index (κ3) is 5.50. The maximum Gasteiger partial charge on any atom is 0.248 e. The van der Waals surface area contributed by atoms with Crippen LogP contribution >= 0.6 is 11.8 Å². The SMILES string of the molecule is O=C(CS[C@@H]1CCS(=O)(=O)C1)NNC(=O)C1CCCCC1. The average Bonchev–Trinajstić information content (AvgIpc) is 2.83. The summed E-state index contributed by atoms with van der Waals surface area (Å²) in [5.41, 5.74) is 4.89. The quantitative estimate of drug-likeness (QED) is 0.736. The van der Waals surface area contributed by atoms with E-state index in [9.17, 15) is 18.0 Å². The van der Waals surface area contributed by atoms with Crippen LogP contribution in [0.1, 0.15) is 38.5 Å². The number of hydrazine groups is 1. The van der Waals surface area contributed by atoms with Gasteiger partial charge in [0.2, 0.25) is 11.8 Å². The molecule has 1 saturated carbocycles. The van der Waals surface area contributed by atoms with Crippen molar-refractivity contribution in [1.29, 1.82) is 0 Å². The number of rotatable bonds is 4. The number of carbonyl (C=O) groups excluding carboxylic acids is 2. The normalized spacial score (nSPS) is 25.4. The molecule has 1 atom stereocenters. The highest BCUT2D eigenvalue weighted by Crippen LogP contribution is 2.24. The van der Waals surface area contributed by atoms with E-state index in [1.54, 1.807) is 0 Å². The van der Waals surface area contributed by atoms with Gasteiger partial charge in [-0.15, -0.1) is 11.8 Å². The van der Waals surface area contributed by atoms with Crippen molar-refractivity contribution in [3.05, 3.63) is 0 Å². The summed E-state index contributed by atoms with van der Waals surface area (Å²) in [6.07, 6.45) is 5.69. The van der Waals surface area contributed by atoms with Crippen LogP contribution in [0.3, 0.4) is 0 Å². The first kappa shape index (κ1) is 16.6. The van der Waals surface area contributed by atoms with Crippen molar-refractivity contribution in [3.63, 3.8) is 0 Å². The van der Waals surface area contributed by atoms with E-state index in [-0.39, 0.29) is 40.2 Å². The lowest BCUT2D eigenvalue weighted by molar-refractivity contribution is -0.131. The second kappa shape index (κ2) is 7.49. The van der Waals surface area contributed by atoms with E-state index >= 15 is 0 Å². The summed E-state index contributed by atoms with van der Waals surface area (Å²) in [5.74, 6) is 0.145. The van der Waals surface area contributed by atoms with Crippen LogP contribution in [0, 0.1) is 5.92 Å². The number of hydrogen-bond donors (Lipinski definition) is 2. The molecular formula is C13H22N2O4S2. The van der Waals surface area contributed by atoms with E-state index in [4.69, 9.17) is 0 Å². The zero-order valence-corrected chi connectivity index (χ0v) is 13.6. The summed E-state index contributed by atoms with van der Waals surface area (Å²) in [7, 11) is -2.91. The lowest BCUT2D eigenvalue weighted by Gasteiger charge is -2.20. The molecule has 21 heavy (non-hydrogen) atoms. The van der Waals surface area contributed by atoms with E-state index in [0.29, 0.717) is 6.42 Å². The molecule has 1 aliphatic heterocycles. The minimum Gasteiger partial charge on any atom is -0.273 e. The van der Waals surface area contributed by atoms with Crippen molar-refractivity contribution in [2.45, 2.75) is 43.8 Å². The van der Waals surface area contributed by atoms with Gasteiger partial charge in [0, 0.05) is 11.2 Å². The third-order valence-electron chi connectivity index (χ3n) is 3.94. The molecule has 0 aromatic rings. The molecule has 1 saturated heterocycles. The molecule has 0 unspecified atom stereocenters. The monoisotopic (exact) mass is 334 g/mol. The van der Waals surface area contributed by atoms with Gasteiger partial charge in [-0.05, 0) is 19.3 Å². The number of amides is 2. The van der Waals surface area contributed by atoms with Gasteiger partial charge in [0.15, 0.2) is 9.84 Å².